The average Bonchev–Trinajstić information content (AvgIpc) is 2.46. The third kappa shape index (κ3) is 10.0. The van der Waals surface area contributed by atoms with E-state index in [1.54, 1.807) is 0 Å². The van der Waals surface area contributed by atoms with Gasteiger partial charge in [0, 0.05) is 12.2 Å². The van der Waals surface area contributed by atoms with Gasteiger partial charge in [0.1, 0.15) is 24.9 Å². The Morgan fingerprint density at radius 3 is 2.16 bits per heavy atom. The summed E-state index contributed by atoms with van der Waals surface area (Å²) in [6, 6.07) is -2.61. The van der Waals surface area contributed by atoms with Crippen LogP contribution in [0.25, 0.3) is 0 Å². The van der Waals surface area contributed by atoms with E-state index in [2.05, 4.69) is 17.9 Å². The quantitative estimate of drug-likeness (QED) is 0.145. The Morgan fingerprint density at radius 2 is 1.76 bits per heavy atom. The summed E-state index contributed by atoms with van der Waals surface area (Å²) in [4.78, 5) is 63.5. The zero-order chi connectivity index (χ0) is 19.8. The van der Waals surface area contributed by atoms with E-state index >= 15 is 0 Å². The summed E-state index contributed by atoms with van der Waals surface area (Å²) in [5, 5.41) is 19.6. The van der Waals surface area contributed by atoms with Crippen molar-refractivity contribution >= 4 is 44.0 Å². The Kier molecular flexibility index (Phi) is 9.67. The van der Waals surface area contributed by atoms with Crippen molar-refractivity contribution in [3.8, 4) is 0 Å². The van der Waals surface area contributed by atoms with Gasteiger partial charge in [-0.1, -0.05) is 0 Å². The van der Waals surface area contributed by atoms with E-state index in [1.165, 1.54) is 0 Å². The molecule has 0 aromatic rings. The highest BCUT2D eigenvalue weighted by Crippen LogP contribution is 2.35. The molecular formula is C11H20N3O9PS. The van der Waals surface area contributed by atoms with Crippen LogP contribution in [0.15, 0.2) is 0 Å². The summed E-state index contributed by atoms with van der Waals surface area (Å²) >= 11 is 3.85. The largest absolute Gasteiger partial charge is 0.480 e. The summed E-state index contributed by atoms with van der Waals surface area (Å²) < 4.78 is 11.0. The van der Waals surface area contributed by atoms with Gasteiger partial charge in [-0.3, -0.25) is 23.7 Å². The molecule has 0 fully saturated rings. The van der Waals surface area contributed by atoms with Crippen LogP contribution in [0.4, 0.5) is 0 Å². The van der Waals surface area contributed by atoms with Gasteiger partial charge in [-0.05, 0) is 6.42 Å². The maximum atomic E-state index is 12.2. The van der Waals surface area contributed by atoms with Gasteiger partial charge in [-0.2, -0.15) is 12.6 Å². The molecule has 14 heteroatoms. The van der Waals surface area contributed by atoms with E-state index in [9.17, 15) is 23.7 Å². The van der Waals surface area contributed by atoms with Gasteiger partial charge in [0.05, 0.1) is 0 Å². The van der Waals surface area contributed by atoms with Gasteiger partial charge >= 0.3 is 19.5 Å². The number of nitrogens with zero attached hydrogens (tertiary/aromatic N) is 1. The van der Waals surface area contributed by atoms with Crippen LogP contribution in [0, 0.1) is 0 Å². The number of nitrogens with two attached hydrogens (primary N) is 1. The lowest BCUT2D eigenvalue weighted by Gasteiger charge is -2.26. The lowest BCUT2D eigenvalue weighted by molar-refractivity contribution is -0.144. The fraction of sp³-hybridized carbons (Fsp3) is 0.636. The minimum Gasteiger partial charge on any atom is -0.480 e. The molecule has 12 nitrogen and oxygen atoms in total. The second-order valence-corrected chi connectivity index (χ2v) is 7.00. The van der Waals surface area contributed by atoms with Crippen molar-refractivity contribution in [3.05, 3.63) is 0 Å². The van der Waals surface area contributed by atoms with E-state index in [0.717, 1.165) is 0 Å². The van der Waals surface area contributed by atoms with Crippen molar-refractivity contribution in [2.24, 2.45) is 5.73 Å². The number of carbonyl (C=O) groups excluding carboxylic acids is 2. The van der Waals surface area contributed by atoms with Gasteiger partial charge in [0.2, 0.25) is 11.8 Å². The predicted molar refractivity (Wildman–Crippen MR) is 86.9 cm³/mol. The summed E-state index contributed by atoms with van der Waals surface area (Å²) in [6.45, 7) is -0.978. The number of rotatable bonds is 11. The first-order valence-corrected chi connectivity index (χ1v) is 9.24. The highest BCUT2D eigenvalue weighted by atomic mass is 32.1. The number of thiol groups is 1. The monoisotopic (exact) mass is 401 g/mol. The summed E-state index contributed by atoms with van der Waals surface area (Å²) in [6.07, 6.45) is -1.65. The Hall–Kier alpha value is -1.66. The zero-order valence-corrected chi connectivity index (χ0v) is 14.7. The van der Waals surface area contributed by atoms with Crippen LogP contribution in [-0.2, 0) is 23.7 Å². The minimum atomic E-state index is -4.73. The molecule has 0 saturated carbocycles. The SMILES string of the molecule is NC(CCC(=O)NC(CS)C(=O)N(CC(=O)O)CP(=O)(O)O)C(=O)O. The molecule has 2 atom stereocenters. The number of nitrogens with one attached hydrogen (secondary N) is 1. The number of carboxylic acid groups (broad SMARTS) is 2. The predicted octanol–water partition coefficient (Wildman–Crippen LogP) is -2.36. The molecule has 0 saturated heterocycles. The molecule has 0 spiro atoms. The average molecular weight is 401 g/mol. The molecule has 0 rings (SSSR count). The van der Waals surface area contributed by atoms with E-state index in [4.69, 9.17) is 25.7 Å². The smallest absolute Gasteiger partial charge is 0.344 e. The zero-order valence-electron chi connectivity index (χ0n) is 12.9. The van der Waals surface area contributed by atoms with Crippen LogP contribution in [-0.4, -0.2) is 79.3 Å². The summed E-state index contributed by atoms with van der Waals surface area (Å²) in [5.74, 6) is -4.86. The molecule has 2 amide bonds. The molecule has 25 heavy (non-hydrogen) atoms. The van der Waals surface area contributed by atoms with Crippen LogP contribution >= 0.6 is 20.2 Å². The first-order valence-electron chi connectivity index (χ1n) is 6.81. The lowest BCUT2D eigenvalue weighted by atomic mass is 10.1. The van der Waals surface area contributed by atoms with Gasteiger partial charge in [0.15, 0.2) is 0 Å². The highest BCUT2D eigenvalue weighted by molar-refractivity contribution is 7.80. The third-order valence-electron chi connectivity index (χ3n) is 2.81. The molecule has 0 aliphatic carbocycles. The van der Waals surface area contributed by atoms with Crippen molar-refractivity contribution in [2.75, 3.05) is 18.6 Å². The number of hydrogen-bond acceptors (Lipinski definition) is 7. The molecule has 0 aliphatic heterocycles. The Balaban J connectivity index is 4.93. The standard InChI is InChI=1S/C11H20N3O9PS/c12-6(11(19)20)1-2-8(15)13-7(4-25)10(18)14(3-9(16)17)5-24(21,22)23/h6-7,25H,1-5,12H2,(H,13,15)(H,16,17)(H,19,20)(H2,21,22,23). The topological polar surface area (TPSA) is 208 Å². The Labute approximate surface area is 147 Å². The first-order chi connectivity index (χ1) is 11.4. The van der Waals surface area contributed by atoms with Crippen molar-refractivity contribution in [1.29, 1.82) is 0 Å². The Morgan fingerprint density at radius 1 is 1.20 bits per heavy atom. The highest BCUT2D eigenvalue weighted by Gasteiger charge is 2.31. The molecule has 7 N–H and O–H groups in total. The fourth-order valence-corrected chi connectivity index (χ4v) is 2.60. The normalized spacial score (nSPS) is 13.6. The molecule has 0 bridgehead atoms. The maximum absolute atomic E-state index is 12.2. The molecule has 0 radical (unpaired) electrons. The van der Waals surface area contributed by atoms with Crippen LogP contribution < -0.4 is 11.1 Å². The molecule has 144 valence electrons. The van der Waals surface area contributed by atoms with Crippen LogP contribution in [0.2, 0.25) is 0 Å². The van der Waals surface area contributed by atoms with Crippen LogP contribution in [0.1, 0.15) is 12.8 Å². The summed E-state index contributed by atoms with van der Waals surface area (Å²) in [7, 11) is -4.73. The number of aliphatic carboxylic acids is 2. The molecule has 0 aliphatic rings. The van der Waals surface area contributed by atoms with E-state index in [1.807, 2.05) is 0 Å². The van der Waals surface area contributed by atoms with Gasteiger partial charge in [-0.25, -0.2) is 0 Å². The van der Waals surface area contributed by atoms with Gasteiger partial charge in [0.25, 0.3) is 0 Å². The molecule has 0 aromatic carbocycles. The second kappa shape index (κ2) is 10.4. The molecular weight excluding hydrogens is 381 g/mol. The van der Waals surface area contributed by atoms with Crippen molar-refractivity contribution < 1.29 is 43.7 Å². The van der Waals surface area contributed by atoms with Gasteiger partial charge in [-0.15, -0.1) is 0 Å². The Bertz CT molecular complexity index is 567. The first kappa shape index (κ1) is 23.3. The second-order valence-electron chi connectivity index (χ2n) is 5.02. The van der Waals surface area contributed by atoms with Gasteiger partial charge < -0.3 is 36.0 Å². The van der Waals surface area contributed by atoms with Crippen molar-refractivity contribution in [3.63, 3.8) is 0 Å². The number of hydrogen-bond donors (Lipinski definition) is 7. The fourth-order valence-electron chi connectivity index (χ4n) is 1.67. The lowest BCUT2D eigenvalue weighted by Crippen LogP contribution is -2.51. The van der Waals surface area contributed by atoms with Crippen LogP contribution in [0.5, 0.6) is 0 Å². The van der Waals surface area contributed by atoms with E-state index in [-0.39, 0.29) is 18.6 Å². The number of amides is 2. The van der Waals surface area contributed by atoms with Crippen LogP contribution in [0.3, 0.4) is 0 Å². The van der Waals surface area contributed by atoms with E-state index in [0.29, 0.717) is 4.90 Å². The maximum Gasteiger partial charge on any atom is 0.344 e. The summed E-state index contributed by atoms with van der Waals surface area (Å²) in [5.41, 5.74) is 5.24. The van der Waals surface area contributed by atoms with E-state index < -0.39 is 56.3 Å². The number of carbonyl (C=O) groups is 4. The van der Waals surface area contributed by atoms with Crippen molar-refractivity contribution in [1.82, 2.24) is 10.2 Å². The molecule has 2 unspecified atom stereocenters. The molecule has 0 aromatic heterocycles. The molecule has 0 heterocycles. The van der Waals surface area contributed by atoms with Crippen molar-refractivity contribution in [2.45, 2.75) is 24.9 Å². The minimum absolute atomic E-state index is 0.198. The number of carboxylic acids is 2. The third-order valence-corrected chi connectivity index (χ3v) is 3.88.